The van der Waals surface area contributed by atoms with E-state index in [2.05, 4.69) is 29.8 Å². The number of hydrogen-bond donors (Lipinski definition) is 7. The number of aliphatic hydroxyl groups is 4. The molecule has 0 aromatic carbocycles. The van der Waals surface area contributed by atoms with E-state index in [-0.39, 0.29) is 31.1 Å². The number of ether oxygens (including phenoxy) is 2. The first-order valence-electron chi connectivity index (χ1n) is 21.0. The van der Waals surface area contributed by atoms with E-state index >= 15 is 0 Å². The van der Waals surface area contributed by atoms with E-state index in [1.807, 2.05) is 6.08 Å². The molecule has 0 radical (unpaired) electrons. The quantitative estimate of drug-likeness (QED) is 0.0157. The Kier molecular flexibility index (Phi) is 29.0. The zero-order valence-corrected chi connectivity index (χ0v) is 36.2. The van der Waals surface area contributed by atoms with Gasteiger partial charge in [0.1, 0.15) is 12.7 Å². The van der Waals surface area contributed by atoms with Crippen LogP contribution in [0, 0.1) is 17.8 Å². The Hall–Kier alpha value is -1.26. The fourth-order valence-corrected chi connectivity index (χ4v) is 7.81. The lowest BCUT2D eigenvalue weighted by molar-refractivity contribution is -0.161. The van der Waals surface area contributed by atoms with E-state index in [4.69, 9.17) is 23.8 Å². The number of carbonyl (C=O) groups excluding carboxylic acids is 2. The summed E-state index contributed by atoms with van der Waals surface area (Å²) in [5.74, 6) is -0.825. The average Bonchev–Trinajstić information content (AvgIpc) is 3.42. The predicted molar refractivity (Wildman–Crippen MR) is 214 cm³/mol. The molecule has 2 unspecified atom stereocenters. The van der Waals surface area contributed by atoms with Crippen molar-refractivity contribution in [3.8, 4) is 0 Å². The zero-order valence-electron chi connectivity index (χ0n) is 34.4. The molecule has 0 amide bonds. The predicted octanol–water partition coefficient (Wildman–Crippen LogP) is 6.41. The van der Waals surface area contributed by atoms with Crippen LogP contribution in [0.4, 0.5) is 0 Å². The van der Waals surface area contributed by atoms with Gasteiger partial charge in [-0.05, 0) is 37.5 Å². The van der Waals surface area contributed by atoms with Crippen molar-refractivity contribution in [2.24, 2.45) is 17.8 Å². The highest BCUT2D eigenvalue weighted by molar-refractivity contribution is 7.47. The Morgan fingerprint density at radius 1 is 0.719 bits per heavy atom. The number of carbonyl (C=O) groups is 2. The summed E-state index contributed by atoms with van der Waals surface area (Å²) in [5, 5.41) is 41.1. The van der Waals surface area contributed by atoms with Crippen LogP contribution in [0.2, 0.25) is 0 Å². The molecule has 0 aromatic rings. The largest absolute Gasteiger partial charge is 0.472 e. The average molecular weight is 861 g/mol. The maximum absolute atomic E-state index is 12.8. The molecule has 1 fully saturated rings. The molecule has 1 aliphatic carbocycles. The summed E-state index contributed by atoms with van der Waals surface area (Å²) in [6, 6.07) is 0. The summed E-state index contributed by atoms with van der Waals surface area (Å²) >= 11 is 0. The maximum atomic E-state index is 12.8. The summed E-state index contributed by atoms with van der Waals surface area (Å²) in [4.78, 5) is 52.8. The topological polar surface area (TPSA) is 256 Å². The second-order valence-electron chi connectivity index (χ2n) is 15.5. The molecule has 16 nitrogen and oxygen atoms in total. The number of esters is 2. The van der Waals surface area contributed by atoms with Gasteiger partial charge in [-0.15, -0.1) is 0 Å². The smallest absolute Gasteiger partial charge is 0.462 e. The van der Waals surface area contributed by atoms with Crippen molar-refractivity contribution in [1.29, 1.82) is 0 Å². The van der Waals surface area contributed by atoms with E-state index in [9.17, 15) is 44.0 Å². The molecule has 18 heteroatoms. The first-order chi connectivity index (χ1) is 27.0. The van der Waals surface area contributed by atoms with Crippen LogP contribution in [-0.4, -0.2) is 104 Å². The minimum atomic E-state index is -4.89. The Balaban J connectivity index is 2.58. The van der Waals surface area contributed by atoms with Crippen LogP contribution in [0.3, 0.4) is 0 Å². The molecular weight excluding hydrogens is 786 g/mol. The third-order valence-corrected chi connectivity index (χ3v) is 11.7. The van der Waals surface area contributed by atoms with Crippen LogP contribution in [0.5, 0.6) is 0 Å². The molecule has 0 heterocycles. The van der Waals surface area contributed by atoms with Gasteiger partial charge < -0.3 is 44.6 Å². The third kappa shape index (κ3) is 28.0. The summed E-state index contributed by atoms with van der Waals surface area (Å²) in [5.41, 5.74) is 0. The second kappa shape index (κ2) is 30.7. The van der Waals surface area contributed by atoms with Crippen LogP contribution < -0.4 is 0 Å². The second-order valence-corrected chi connectivity index (χ2v) is 18.2. The SMILES string of the molecule is CCCCC[C@H](O)/C=C/[C@@H]1[C@@H](CCCCCCC(=O)O[C@H](COC(=O)CCCCCCCCC(C)CC)COP(=O)(O)OC[C@@H](O)COP(=O)(O)O)[C@@H](O)C[C@H]1O. The van der Waals surface area contributed by atoms with Gasteiger partial charge in [-0.25, -0.2) is 9.13 Å². The molecule has 336 valence electrons. The van der Waals surface area contributed by atoms with Crippen LogP contribution >= 0.6 is 15.6 Å². The van der Waals surface area contributed by atoms with Gasteiger partial charge in [-0.3, -0.25) is 23.2 Å². The third-order valence-electron chi connectivity index (χ3n) is 10.3. The van der Waals surface area contributed by atoms with Gasteiger partial charge in [0.25, 0.3) is 0 Å². The monoisotopic (exact) mass is 860 g/mol. The fourth-order valence-electron chi connectivity index (χ4n) is 6.65. The number of phosphoric ester groups is 2. The highest BCUT2D eigenvalue weighted by Crippen LogP contribution is 2.44. The number of hydrogen-bond acceptors (Lipinski definition) is 13. The van der Waals surface area contributed by atoms with Crippen molar-refractivity contribution in [2.75, 3.05) is 26.4 Å². The number of aliphatic hydroxyl groups excluding tert-OH is 4. The Morgan fingerprint density at radius 3 is 1.95 bits per heavy atom. The van der Waals surface area contributed by atoms with Crippen molar-refractivity contribution >= 4 is 27.6 Å². The molecule has 7 N–H and O–H groups in total. The van der Waals surface area contributed by atoms with Gasteiger partial charge in [-0.2, -0.15) is 0 Å². The van der Waals surface area contributed by atoms with E-state index in [1.54, 1.807) is 6.08 Å². The van der Waals surface area contributed by atoms with Crippen molar-refractivity contribution in [1.82, 2.24) is 0 Å². The molecule has 0 bridgehead atoms. The van der Waals surface area contributed by atoms with Crippen molar-refractivity contribution in [2.45, 2.75) is 180 Å². The first-order valence-corrected chi connectivity index (χ1v) is 24.1. The van der Waals surface area contributed by atoms with Gasteiger partial charge in [0.15, 0.2) is 6.10 Å². The Morgan fingerprint density at radius 2 is 1.30 bits per heavy atom. The molecule has 0 saturated heterocycles. The molecular formula is C39H74O16P2. The number of phosphoric acid groups is 2. The highest BCUT2D eigenvalue weighted by Gasteiger charge is 2.39. The Labute approximate surface area is 339 Å². The van der Waals surface area contributed by atoms with Gasteiger partial charge in [0.05, 0.1) is 38.1 Å². The number of unbranched alkanes of at least 4 members (excludes halogenated alkanes) is 10. The van der Waals surface area contributed by atoms with Crippen LogP contribution in [0.15, 0.2) is 12.2 Å². The molecule has 1 saturated carbocycles. The van der Waals surface area contributed by atoms with Gasteiger partial charge in [0.2, 0.25) is 0 Å². The molecule has 1 aliphatic rings. The van der Waals surface area contributed by atoms with E-state index in [0.717, 1.165) is 63.7 Å². The van der Waals surface area contributed by atoms with Crippen LogP contribution in [-0.2, 0) is 41.8 Å². The Bertz CT molecular complexity index is 1200. The van der Waals surface area contributed by atoms with Crippen molar-refractivity contribution in [3.63, 3.8) is 0 Å². The normalized spacial score (nSPS) is 21.9. The summed E-state index contributed by atoms with van der Waals surface area (Å²) in [6.45, 7) is 3.65. The van der Waals surface area contributed by atoms with Crippen LogP contribution in [0.1, 0.15) is 149 Å². The molecule has 57 heavy (non-hydrogen) atoms. The molecule has 0 spiro atoms. The molecule has 1 rings (SSSR count). The van der Waals surface area contributed by atoms with Gasteiger partial charge in [-0.1, -0.05) is 116 Å². The zero-order chi connectivity index (χ0) is 42.7. The minimum absolute atomic E-state index is 0.00685. The molecule has 0 aliphatic heterocycles. The lowest BCUT2D eigenvalue weighted by Gasteiger charge is -2.21. The molecule has 0 aromatic heterocycles. The van der Waals surface area contributed by atoms with E-state index in [1.165, 1.54) is 19.3 Å². The maximum Gasteiger partial charge on any atom is 0.472 e. The minimum Gasteiger partial charge on any atom is -0.462 e. The van der Waals surface area contributed by atoms with Crippen molar-refractivity contribution < 1.29 is 76.9 Å². The standard InChI is InChI=1S/C39H74O16P2/c1-4-6-13-19-31(40)23-24-35-34(36(42)25-37(35)43)20-15-11-12-17-22-39(45)55-33(29-54-57(49,50)53-27-32(41)26-52-56(46,47)48)28-51-38(44)21-16-10-8-7-9-14-18-30(3)5-2/h23-24,30-37,40-43H,4-22,25-29H2,1-3H3,(H,49,50)(H2,46,47,48)/b24-23+/t30?,31-,32-,33+,34+,35+,36-,37+/m0/s1. The lowest BCUT2D eigenvalue weighted by atomic mass is 9.88. The van der Waals surface area contributed by atoms with E-state index < -0.39 is 84.5 Å². The first kappa shape index (κ1) is 53.8. The highest BCUT2D eigenvalue weighted by atomic mass is 31.2. The van der Waals surface area contributed by atoms with Gasteiger partial charge in [0, 0.05) is 25.2 Å². The lowest BCUT2D eigenvalue weighted by Crippen LogP contribution is -2.30. The molecule has 9 atom stereocenters. The summed E-state index contributed by atoms with van der Waals surface area (Å²) in [6.07, 6.45) is 14.5. The van der Waals surface area contributed by atoms with Crippen molar-refractivity contribution in [3.05, 3.63) is 12.2 Å². The van der Waals surface area contributed by atoms with Crippen LogP contribution in [0.25, 0.3) is 0 Å². The van der Waals surface area contributed by atoms with E-state index in [0.29, 0.717) is 32.1 Å². The summed E-state index contributed by atoms with van der Waals surface area (Å²) in [7, 11) is -9.75. The summed E-state index contributed by atoms with van der Waals surface area (Å²) < 4.78 is 47.7. The fraction of sp³-hybridized carbons (Fsp3) is 0.897. The number of rotatable bonds is 35. The van der Waals surface area contributed by atoms with Gasteiger partial charge >= 0.3 is 27.6 Å².